The van der Waals surface area contributed by atoms with E-state index in [9.17, 15) is 14.0 Å². The maximum Gasteiger partial charge on any atom is 0.332 e. The summed E-state index contributed by atoms with van der Waals surface area (Å²) in [6, 6.07) is 2.66. The Hall–Kier alpha value is -2.02. The lowest BCUT2D eigenvalue weighted by atomic mass is 10.2. The highest BCUT2D eigenvalue weighted by Crippen LogP contribution is 2.02. The number of halogens is 1. The Labute approximate surface area is 96.1 Å². The number of amides is 1. The number of carbonyl (C=O) groups is 2. The number of carboxylic acids is 1. The van der Waals surface area contributed by atoms with E-state index in [-0.39, 0.29) is 18.5 Å². The number of aromatic nitrogens is 1. The number of carbonyl (C=O) groups excluding carboxylic acids is 1. The van der Waals surface area contributed by atoms with Crippen LogP contribution in [-0.2, 0) is 4.79 Å². The maximum absolute atomic E-state index is 13.0. The fraction of sp³-hybridized carbons (Fsp3) is 0.300. The number of carboxylic acid groups (broad SMARTS) is 1. The van der Waals surface area contributed by atoms with Crippen molar-refractivity contribution in [1.29, 1.82) is 0 Å². The number of hydrogen-bond donors (Lipinski definition) is 3. The summed E-state index contributed by atoms with van der Waals surface area (Å²) < 4.78 is 13.0. The summed E-state index contributed by atoms with van der Waals surface area (Å²) in [5.74, 6) is -2.97. The number of aliphatic carboxylic acids is 1. The monoisotopic (exact) mass is 242 g/mol. The number of aliphatic hydroxyl groups is 1. The van der Waals surface area contributed by atoms with Crippen molar-refractivity contribution in [2.75, 3.05) is 6.54 Å². The second-order valence-electron chi connectivity index (χ2n) is 3.24. The van der Waals surface area contributed by atoms with Gasteiger partial charge in [0.2, 0.25) is 5.95 Å². The molecule has 1 aromatic rings. The van der Waals surface area contributed by atoms with Gasteiger partial charge in [0.05, 0.1) is 5.56 Å². The first-order valence-corrected chi connectivity index (χ1v) is 4.82. The lowest BCUT2D eigenvalue weighted by Crippen LogP contribution is -2.30. The third kappa shape index (κ3) is 3.80. The van der Waals surface area contributed by atoms with Crippen LogP contribution in [0.25, 0.3) is 0 Å². The first-order chi connectivity index (χ1) is 8.02. The summed E-state index contributed by atoms with van der Waals surface area (Å²) in [5.41, 5.74) is -0.225. The zero-order valence-electron chi connectivity index (χ0n) is 8.76. The molecule has 3 N–H and O–H groups in total. The highest BCUT2D eigenvalue weighted by molar-refractivity contribution is 5.94. The van der Waals surface area contributed by atoms with Gasteiger partial charge in [-0.15, -0.1) is 0 Å². The van der Waals surface area contributed by atoms with Gasteiger partial charge in [-0.1, -0.05) is 0 Å². The summed E-state index contributed by atoms with van der Waals surface area (Å²) in [6.45, 7) is -0.0688. The predicted octanol–water partition coefficient (Wildman–Crippen LogP) is -0.214. The summed E-state index contributed by atoms with van der Waals surface area (Å²) >= 11 is 0. The van der Waals surface area contributed by atoms with Crippen LogP contribution in [0.15, 0.2) is 18.3 Å². The number of nitrogens with one attached hydrogen (secondary N) is 1. The smallest absolute Gasteiger partial charge is 0.332 e. The molecule has 92 valence electrons. The van der Waals surface area contributed by atoms with Crippen molar-refractivity contribution in [3.8, 4) is 0 Å². The van der Waals surface area contributed by atoms with E-state index in [0.29, 0.717) is 0 Å². The Morgan fingerprint density at radius 1 is 1.53 bits per heavy atom. The van der Waals surface area contributed by atoms with E-state index < -0.39 is 23.9 Å². The molecule has 17 heavy (non-hydrogen) atoms. The molecule has 0 aromatic carbocycles. The van der Waals surface area contributed by atoms with Gasteiger partial charge < -0.3 is 15.5 Å². The molecule has 6 nitrogen and oxygen atoms in total. The lowest BCUT2D eigenvalue weighted by molar-refractivity contribution is -0.146. The van der Waals surface area contributed by atoms with Gasteiger partial charge in [0.15, 0.2) is 6.10 Å². The topological polar surface area (TPSA) is 99.5 Å². The fourth-order valence-electron chi connectivity index (χ4n) is 1.10. The lowest BCUT2D eigenvalue weighted by Gasteiger charge is -2.07. The van der Waals surface area contributed by atoms with Gasteiger partial charge in [-0.2, -0.15) is 4.39 Å². The van der Waals surface area contributed by atoms with Crippen LogP contribution < -0.4 is 5.32 Å². The summed E-state index contributed by atoms with van der Waals surface area (Å²) in [6.07, 6.45) is -0.488. The molecule has 7 heteroatoms. The predicted molar refractivity (Wildman–Crippen MR) is 54.8 cm³/mol. The first-order valence-electron chi connectivity index (χ1n) is 4.82. The van der Waals surface area contributed by atoms with E-state index in [4.69, 9.17) is 10.2 Å². The summed E-state index contributed by atoms with van der Waals surface area (Å²) in [5, 5.41) is 19.6. The molecule has 0 bridgehead atoms. The van der Waals surface area contributed by atoms with Gasteiger partial charge in [0.25, 0.3) is 5.91 Å². The van der Waals surface area contributed by atoms with Gasteiger partial charge in [0.1, 0.15) is 0 Å². The van der Waals surface area contributed by atoms with E-state index in [0.717, 1.165) is 0 Å². The zero-order chi connectivity index (χ0) is 12.8. The molecule has 0 aliphatic rings. The average Bonchev–Trinajstić information content (AvgIpc) is 2.29. The normalized spacial score (nSPS) is 11.9. The molecule has 0 fully saturated rings. The van der Waals surface area contributed by atoms with Crippen LogP contribution >= 0.6 is 0 Å². The molecule has 1 amide bonds. The van der Waals surface area contributed by atoms with E-state index >= 15 is 0 Å². The highest BCUT2D eigenvalue weighted by Gasteiger charge is 2.15. The molecule has 1 heterocycles. The number of rotatable bonds is 5. The van der Waals surface area contributed by atoms with Crippen LogP contribution in [0.2, 0.25) is 0 Å². The number of hydrogen-bond acceptors (Lipinski definition) is 4. The molecule has 0 spiro atoms. The second kappa shape index (κ2) is 5.90. The van der Waals surface area contributed by atoms with Crippen molar-refractivity contribution in [3.63, 3.8) is 0 Å². The van der Waals surface area contributed by atoms with Crippen molar-refractivity contribution in [2.45, 2.75) is 12.5 Å². The Morgan fingerprint density at radius 3 is 2.82 bits per heavy atom. The Morgan fingerprint density at radius 2 is 2.24 bits per heavy atom. The molecular formula is C10H11FN2O4. The molecule has 0 aliphatic carbocycles. The van der Waals surface area contributed by atoms with Crippen LogP contribution in [-0.4, -0.2) is 39.7 Å². The van der Waals surface area contributed by atoms with Gasteiger partial charge in [-0.05, 0) is 12.1 Å². The third-order valence-electron chi connectivity index (χ3n) is 1.99. The zero-order valence-corrected chi connectivity index (χ0v) is 8.76. The standard InChI is InChI=1S/C10H11FN2O4/c11-8-6(2-1-4-12-8)9(15)13-5-3-7(14)10(16)17/h1-2,4,7,14H,3,5H2,(H,13,15)(H,16,17)/t7-/m0/s1. The third-order valence-corrected chi connectivity index (χ3v) is 1.99. The molecule has 0 aliphatic heterocycles. The molecule has 1 atom stereocenters. The van der Waals surface area contributed by atoms with Crippen molar-refractivity contribution < 1.29 is 24.2 Å². The molecule has 1 rings (SSSR count). The molecule has 0 saturated carbocycles. The quantitative estimate of drug-likeness (QED) is 0.620. The van der Waals surface area contributed by atoms with Gasteiger partial charge in [0, 0.05) is 19.2 Å². The van der Waals surface area contributed by atoms with Gasteiger partial charge in [-0.3, -0.25) is 4.79 Å². The molecule has 0 saturated heterocycles. The minimum Gasteiger partial charge on any atom is -0.479 e. The molecule has 1 aromatic heterocycles. The van der Waals surface area contributed by atoms with Crippen molar-refractivity contribution >= 4 is 11.9 Å². The molecule has 0 unspecified atom stereocenters. The Bertz CT molecular complexity index is 425. The van der Waals surface area contributed by atoms with Crippen molar-refractivity contribution in [1.82, 2.24) is 10.3 Å². The maximum atomic E-state index is 13.0. The largest absolute Gasteiger partial charge is 0.479 e. The van der Waals surface area contributed by atoms with Crippen LogP contribution in [0.1, 0.15) is 16.8 Å². The van der Waals surface area contributed by atoms with Crippen molar-refractivity contribution in [3.05, 3.63) is 29.8 Å². The number of pyridine rings is 1. The fourth-order valence-corrected chi connectivity index (χ4v) is 1.10. The summed E-state index contributed by atoms with van der Waals surface area (Å²) in [4.78, 5) is 25.0. The van der Waals surface area contributed by atoms with Crippen LogP contribution in [0.3, 0.4) is 0 Å². The van der Waals surface area contributed by atoms with Crippen LogP contribution in [0.5, 0.6) is 0 Å². The minimum atomic E-state index is -1.55. The van der Waals surface area contributed by atoms with E-state index in [2.05, 4.69) is 10.3 Å². The van der Waals surface area contributed by atoms with Crippen molar-refractivity contribution in [2.24, 2.45) is 0 Å². The van der Waals surface area contributed by atoms with E-state index in [1.54, 1.807) is 0 Å². The number of nitrogens with zero attached hydrogens (tertiary/aromatic N) is 1. The van der Waals surface area contributed by atoms with E-state index in [1.807, 2.05) is 0 Å². The Balaban J connectivity index is 2.46. The van der Waals surface area contributed by atoms with Gasteiger partial charge >= 0.3 is 5.97 Å². The second-order valence-corrected chi connectivity index (χ2v) is 3.24. The van der Waals surface area contributed by atoms with Crippen LogP contribution in [0.4, 0.5) is 4.39 Å². The SMILES string of the molecule is O=C(NCC[C@H](O)C(=O)O)c1cccnc1F. The first kappa shape index (κ1) is 13.0. The number of aliphatic hydroxyl groups excluding tert-OH is 1. The van der Waals surface area contributed by atoms with E-state index in [1.165, 1.54) is 18.3 Å². The van der Waals surface area contributed by atoms with Crippen LogP contribution in [0, 0.1) is 5.95 Å². The Kier molecular flexibility index (Phi) is 4.53. The highest BCUT2D eigenvalue weighted by atomic mass is 19.1. The minimum absolute atomic E-state index is 0.0688. The summed E-state index contributed by atoms with van der Waals surface area (Å²) in [7, 11) is 0. The molecule has 0 radical (unpaired) electrons. The average molecular weight is 242 g/mol. The molecular weight excluding hydrogens is 231 g/mol. The van der Waals surface area contributed by atoms with Gasteiger partial charge in [-0.25, -0.2) is 9.78 Å².